The maximum atomic E-state index is 13.4. The highest BCUT2D eigenvalue weighted by atomic mass is 19.4. The van der Waals surface area contributed by atoms with Crippen LogP contribution in [0, 0.1) is 5.82 Å². The summed E-state index contributed by atoms with van der Waals surface area (Å²) in [5.74, 6) is -1.83. The number of nitrogens with two attached hydrogens (primary N) is 1. The van der Waals surface area contributed by atoms with E-state index in [1.165, 1.54) is 30.3 Å². The summed E-state index contributed by atoms with van der Waals surface area (Å²) in [4.78, 5) is 12.1. The van der Waals surface area contributed by atoms with Gasteiger partial charge in [-0.25, -0.2) is 8.78 Å². The van der Waals surface area contributed by atoms with Crippen LogP contribution >= 0.6 is 0 Å². The van der Waals surface area contributed by atoms with Gasteiger partial charge >= 0.3 is 6.18 Å². The van der Waals surface area contributed by atoms with E-state index in [0.717, 1.165) is 12.1 Å². The molecule has 0 unspecified atom stereocenters. The smallest absolute Gasteiger partial charge is 0.416 e. The molecular formula is C19H17F5N2O2. The topological polar surface area (TPSA) is 64.3 Å². The fourth-order valence-corrected chi connectivity index (χ4v) is 2.24. The molecule has 0 radical (unpaired) electrons. The molecule has 28 heavy (non-hydrogen) atoms. The number of ether oxygens (including phenoxy) is 1. The number of benzene rings is 2. The maximum Gasteiger partial charge on any atom is 0.416 e. The molecule has 0 spiro atoms. The molecule has 0 saturated heterocycles. The molecule has 2 aromatic carbocycles. The van der Waals surface area contributed by atoms with Gasteiger partial charge in [0.2, 0.25) is 0 Å². The number of halogens is 5. The molecule has 0 fully saturated rings. The van der Waals surface area contributed by atoms with E-state index in [2.05, 4.69) is 5.32 Å². The summed E-state index contributed by atoms with van der Waals surface area (Å²) in [7, 11) is 0. The minimum Gasteiger partial charge on any atom is -0.487 e. The second-order valence-corrected chi connectivity index (χ2v) is 5.73. The van der Waals surface area contributed by atoms with Crippen LogP contribution in [0.1, 0.15) is 21.5 Å². The Balaban J connectivity index is 1.96. The van der Waals surface area contributed by atoms with Crippen molar-refractivity contribution < 1.29 is 31.5 Å². The van der Waals surface area contributed by atoms with E-state index in [-0.39, 0.29) is 30.8 Å². The van der Waals surface area contributed by atoms with Gasteiger partial charge in [-0.15, -0.1) is 0 Å². The Morgan fingerprint density at radius 1 is 1.14 bits per heavy atom. The SMILES string of the molecule is NC/C=C(/F)COc1ccc(C(=O)NCc2cc(F)cc(C(F)(F)F)c2)cc1. The predicted molar refractivity (Wildman–Crippen MR) is 92.8 cm³/mol. The molecule has 1 amide bonds. The third-order valence-electron chi connectivity index (χ3n) is 3.57. The van der Waals surface area contributed by atoms with Gasteiger partial charge in [0.1, 0.15) is 24.0 Å². The van der Waals surface area contributed by atoms with Crippen LogP contribution in [0.5, 0.6) is 5.75 Å². The molecular weight excluding hydrogens is 383 g/mol. The Bertz CT molecular complexity index is 848. The molecule has 0 aliphatic heterocycles. The lowest BCUT2D eigenvalue weighted by Gasteiger charge is -2.11. The minimum atomic E-state index is -4.69. The fourth-order valence-electron chi connectivity index (χ4n) is 2.24. The molecule has 0 aliphatic carbocycles. The van der Waals surface area contributed by atoms with Crippen molar-refractivity contribution in [3.63, 3.8) is 0 Å². The number of hydrogen-bond donors (Lipinski definition) is 2. The number of hydrogen-bond acceptors (Lipinski definition) is 3. The van der Waals surface area contributed by atoms with Crippen molar-refractivity contribution in [1.29, 1.82) is 0 Å². The molecule has 9 heteroatoms. The monoisotopic (exact) mass is 400 g/mol. The van der Waals surface area contributed by atoms with Gasteiger partial charge in [-0.2, -0.15) is 13.2 Å². The van der Waals surface area contributed by atoms with Gasteiger partial charge in [-0.3, -0.25) is 4.79 Å². The van der Waals surface area contributed by atoms with E-state index < -0.39 is 29.3 Å². The van der Waals surface area contributed by atoms with Gasteiger partial charge in [0, 0.05) is 18.7 Å². The van der Waals surface area contributed by atoms with E-state index in [0.29, 0.717) is 11.8 Å². The first-order valence-corrected chi connectivity index (χ1v) is 8.11. The van der Waals surface area contributed by atoms with Gasteiger partial charge in [0.15, 0.2) is 0 Å². The number of carbonyl (C=O) groups is 1. The van der Waals surface area contributed by atoms with Gasteiger partial charge in [-0.05, 0) is 54.1 Å². The molecule has 0 atom stereocenters. The summed E-state index contributed by atoms with van der Waals surface area (Å²) in [6.07, 6.45) is -3.52. The lowest BCUT2D eigenvalue weighted by molar-refractivity contribution is -0.137. The van der Waals surface area contributed by atoms with Crippen LogP contribution in [0.4, 0.5) is 22.0 Å². The van der Waals surface area contributed by atoms with E-state index >= 15 is 0 Å². The zero-order chi connectivity index (χ0) is 20.7. The molecule has 0 saturated carbocycles. The highest BCUT2D eigenvalue weighted by Gasteiger charge is 2.31. The number of nitrogens with one attached hydrogen (secondary N) is 1. The average Bonchev–Trinajstić information content (AvgIpc) is 2.64. The van der Waals surface area contributed by atoms with Crippen LogP contribution in [0.3, 0.4) is 0 Å². The van der Waals surface area contributed by atoms with Crippen LogP contribution in [0.25, 0.3) is 0 Å². The van der Waals surface area contributed by atoms with Crippen molar-refractivity contribution >= 4 is 5.91 Å². The van der Waals surface area contributed by atoms with Crippen LogP contribution in [-0.4, -0.2) is 19.1 Å². The molecule has 2 rings (SSSR count). The van der Waals surface area contributed by atoms with E-state index in [4.69, 9.17) is 10.5 Å². The number of rotatable bonds is 7. The summed E-state index contributed by atoms with van der Waals surface area (Å²) >= 11 is 0. The lowest BCUT2D eigenvalue weighted by atomic mass is 10.1. The number of amides is 1. The Morgan fingerprint density at radius 2 is 1.82 bits per heavy atom. The Hall–Kier alpha value is -2.94. The van der Waals surface area contributed by atoms with Crippen LogP contribution in [0.15, 0.2) is 54.4 Å². The summed E-state index contributed by atoms with van der Waals surface area (Å²) in [6.45, 7) is -0.541. The molecule has 3 N–H and O–H groups in total. The Kier molecular flexibility index (Phi) is 7.11. The van der Waals surface area contributed by atoms with Gasteiger partial charge in [0.25, 0.3) is 5.91 Å². The molecule has 4 nitrogen and oxygen atoms in total. The fraction of sp³-hybridized carbons (Fsp3) is 0.211. The first kappa shape index (κ1) is 21.4. The van der Waals surface area contributed by atoms with Gasteiger partial charge < -0.3 is 15.8 Å². The van der Waals surface area contributed by atoms with Crippen molar-refractivity contribution in [2.24, 2.45) is 5.73 Å². The van der Waals surface area contributed by atoms with Crippen molar-refractivity contribution in [1.82, 2.24) is 5.32 Å². The lowest BCUT2D eigenvalue weighted by Crippen LogP contribution is -2.23. The van der Waals surface area contributed by atoms with Crippen molar-refractivity contribution in [3.05, 3.63) is 76.9 Å². The number of carbonyl (C=O) groups excluding carboxylic acids is 1. The van der Waals surface area contributed by atoms with Crippen LogP contribution in [-0.2, 0) is 12.7 Å². The molecule has 0 aliphatic rings. The van der Waals surface area contributed by atoms with Gasteiger partial charge in [0.05, 0.1) is 5.56 Å². The molecule has 0 aromatic heterocycles. The highest BCUT2D eigenvalue weighted by Crippen LogP contribution is 2.30. The normalized spacial score (nSPS) is 12.0. The standard InChI is InChI=1S/C19H17F5N2O2/c20-15(5-6-25)11-28-17-3-1-13(2-4-17)18(27)26-10-12-7-14(19(22,23)24)9-16(21)8-12/h1-5,7-9H,6,10-11,25H2,(H,26,27)/b15-5+. The van der Waals surface area contributed by atoms with Crippen molar-refractivity contribution in [3.8, 4) is 5.75 Å². The molecule has 150 valence electrons. The van der Waals surface area contributed by atoms with Crippen molar-refractivity contribution in [2.45, 2.75) is 12.7 Å². The molecule has 0 bridgehead atoms. The summed E-state index contributed by atoms with van der Waals surface area (Å²) in [5.41, 5.74) is 4.22. The summed E-state index contributed by atoms with van der Waals surface area (Å²) in [5, 5.41) is 2.41. The van der Waals surface area contributed by atoms with Crippen LogP contribution < -0.4 is 15.8 Å². The summed E-state index contributed by atoms with van der Waals surface area (Å²) < 4.78 is 69.8. The zero-order valence-electron chi connectivity index (χ0n) is 14.5. The average molecular weight is 400 g/mol. The van der Waals surface area contributed by atoms with E-state index in [1.807, 2.05) is 0 Å². The minimum absolute atomic E-state index is 0.0252. The number of alkyl halides is 3. The predicted octanol–water partition coefficient (Wildman–Crippen LogP) is 3.97. The first-order valence-electron chi connectivity index (χ1n) is 8.11. The largest absolute Gasteiger partial charge is 0.487 e. The zero-order valence-corrected chi connectivity index (χ0v) is 14.5. The van der Waals surface area contributed by atoms with Gasteiger partial charge in [-0.1, -0.05) is 0 Å². The molecule has 0 heterocycles. The third-order valence-corrected chi connectivity index (χ3v) is 3.57. The van der Waals surface area contributed by atoms with Crippen LogP contribution in [0.2, 0.25) is 0 Å². The quantitative estimate of drug-likeness (QED) is 0.692. The van der Waals surface area contributed by atoms with E-state index in [1.54, 1.807) is 0 Å². The van der Waals surface area contributed by atoms with E-state index in [9.17, 15) is 26.7 Å². The Labute approximate surface area is 157 Å². The second kappa shape index (κ2) is 9.32. The second-order valence-electron chi connectivity index (χ2n) is 5.73. The first-order chi connectivity index (χ1) is 13.2. The maximum absolute atomic E-state index is 13.4. The van der Waals surface area contributed by atoms with Crippen molar-refractivity contribution in [2.75, 3.05) is 13.2 Å². The summed E-state index contributed by atoms with van der Waals surface area (Å²) in [6, 6.07) is 7.75. The Morgan fingerprint density at radius 3 is 2.43 bits per heavy atom. The highest BCUT2D eigenvalue weighted by molar-refractivity contribution is 5.94. The third kappa shape index (κ3) is 6.34. The molecule has 2 aromatic rings.